The van der Waals surface area contributed by atoms with Gasteiger partial charge in [0.1, 0.15) is 17.7 Å². The van der Waals surface area contributed by atoms with Crippen molar-refractivity contribution in [2.45, 2.75) is 39.2 Å². The first-order chi connectivity index (χ1) is 12.0. The third-order valence-electron chi connectivity index (χ3n) is 4.50. The van der Waals surface area contributed by atoms with Crippen LogP contribution >= 0.6 is 0 Å². The van der Waals surface area contributed by atoms with Crippen LogP contribution in [0.5, 0.6) is 0 Å². The number of carbonyl (C=O) groups is 2. The Balaban J connectivity index is 1.59. The molecule has 25 heavy (non-hydrogen) atoms. The molecule has 6 nitrogen and oxygen atoms in total. The van der Waals surface area contributed by atoms with Gasteiger partial charge in [-0.15, -0.1) is 0 Å². The number of rotatable bonds is 6. The van der Waals surface area contributed by atoms with Crippen molar-refractivity contribution in [2.24, 2.45) is 5.92 Å². The number of imidazole rings is 1. The molecule has 0 spiro atoms. The molecular formula is C18H23FN4O2. The number of hydrogen-bond acceptors (Lipinski definition) is 3. The van der Waals surface area contributed by atoms with Gasteiger partial charge in [-0.2, -0.15) is 0 Å². The maximum Gasteiger partial charge on any atom is 0.243 e. The lowest BCUT2D eigenvalue weighted by Gasteiger charge is -2.29. The van der Waals surface area contributed by atoms with E-state index < -0.39 is 6.04 Å². The Morgan fingerprint density at radius 1 is 1.44 bits per heavy atom. The Bertz CT molecular complexity index is 786. The normalized spacial score (nSPS) is 16.0. The average Bonchev–Trinajstić information content (AvgIpc) is 3.13. The highest BCUT2D eigenvalue weighted by atomic mass is 19.1. The van der Waals surface area contributed by atoms with Crippen LogP contribution in [0.1, 0.15) is 32.5 Å². The molecule has 0 radical (unpaired) electrons. The zero-order valence-electron chi connectivity index (χ0n) is 14.5. The molecule has 1 fully saturated rings. The SMILES string of the molecule is CC(C)[C@H](C(=O)NCCc1nc2ccc(F)cc2[nH]1)N1CCCC1=O. The summed E-state index contributed by atoms with van der Waals surface area (Å²) in [5.41, 5.74) is 1.34. The van der Waals surface area contributed by atoms with Gasteiger partial charge in [-0.05, 0) is 30.5 Å². The van der Waals surface area contributed by atoms with Crippen LogP contribution in [-0.4, -0.2) is 45.8 Å². The summed E-state index contributed by atoms with van der Waals surface area (Å²) in [5, 5.41) is 2.90. The van der Waals surface area contributed by atoms with Crippen LogP contribution in [0.4, 0.5) is 4.39 Å². The third kappa shape index (κ3) is 3.81. The lowest BCUT2D eigenvalue weighted by Crippen LogP contribution is -2.50. The Morgan fingerprint density at radius 2 is 2.24 bits per heavy atom. The number of likely N-dealkylation sites (tertiary alicyclic amines) is 1. The van der Waals surface area contributed by atoms with Gasteiger partial charge in [0, 0.05) is 25.9 Å². The van der Waals surface area contributed by atoms with Crippen molar-refractivity contribution in [3.63, 3.8) is 0 Å². The van der Waals surface area contributed by atoms with E-state index in [2.05, 4.69) is 15.3 Å². The van der Waals surface area contributed by atoms with Gasteiger partial charge >= 0.3 is 0 Å². The molecule has 0 unspecified atom stereocenters. The van der Waals surface area contributed by atoms with Gasteiger partial charge in [0.05, 0.1) is 11.0 Å². The molecule has 0 aliphatic carbocycles. The van der Waals surface area contributed by atoms with E-state index in [4.69, 9.17) is 0 Å². The molecule has 1 aromatic carbocycles. The number of benzene rings is 1. The topological polar surface area (TPSA) is 78.1 Å². The van der Waals surface area contributed by atoms with E-state index in [1.165, 1.54) is 12.1 Å². The highest BCUT2D eigenvalue weighted by Crippen LogP contribution is 2.19. The van der Waals surface area contributed by atoms with E-state index in [0.29, 0.717) is 42.8 Å². The minimum Gasteiger partial charge on any atom is -0.354 e. The van der Waals surface area contributed by atoms with Crippen LogP contribution in [0.3, 0.4) is 0 Å². The fraction of sp³-hybridized carbons (Fsp3) is 0.500. The Labute approximate surface area is 145 Å². The highest BCUT2D eigenvalue weighted by molar-refractivity contribution is 5.88. The first-order valence-corrected chi connectivity index (χ1v) is 8.67. The molecule has 7 heteroatoms. The lowest BCUT2D eigenvalue weighted by atomic mass is 10.0. The fourth-order valence-corrected chi connectivity index (χ4v) is 3.33. The number of nitrogens with one attached hydrogen (secondary N) is 2. The van der Waals surface area contributed by atoms with E-state index >= 15 is 0 Å². The molecule has 3 rings (SSSR count). The van der Waals surface area contributed by atoms with Crippen molar-refractivity contribution in [2.75, 3.05) is 13.1 Å². The maximum atomic E-state index is 13.2. The van der Waals surface area contributed by atoms with Crippen molar-refractivity contribution >= 4 is 22.8 Å². The summed E-state index contributed by atoms with van der Waals surface area (Å²) in [5.74, 6) is 0.349. The molecule has 2 aromatic rings. The molecule has 2 amide bonds. The summed E-state index contributed by atoms with van der Waals surface area (Å²) in [6.45, 7) is 4.95. The first-order valence-electron chi connectivity index (χ1n) is 8.67. The molecule has 1 aliphatic heterocycles. The smallest absolute Gasteiger partial charge is 0.243 e. The van der Waals surface area contributed by atoms with Crippen LogP contribution in [0.25, 0.3) is 11.0 Å². The first kappa shape index (κ1) is 17.4. The molecule has 0 saturated carbocycles. The number of fused-ring (bicyclic) bond motifs is 1. The summed E-state index contributed by atoms with van der Waals surface area (Å²) < 4.78 is 13.2. The zero-order valence-corrected chi connectivity index (χ0v) is 14.5. The van der Waals surface area contributed by atoms with Gasteiger partial charge in [-0.3, -0.25) is 9.59 Å². The summed E-state index contributed by atoms with van der Waals surface area (Å²) in [6, 6.07) is 3.96. The van der Waals surface area contributed by atoms with Crippen molar-refractivity contribution < 1.29 is 14.0 Å². The van der Waals surface area contributed by atoms with Gasteiger partial charge in [-0.1, -0.05) is 13.8 Å². The highest BCUT2D eigenvalue weighted by Gasteiger charge is 2.34. The molecule has 2 heterocycles. The Hall–Kier alpha value is -2.44. The van der Waals surface area contributed by atoms with E-state index in [1.54, 1.807) is 11.0 Å². The molecule has 1 saturated heterocycles. The fourth-order valence-electron chi connectivity index (χ4n) is 3.33. The number of H-pyrrole nitrogens is 1. The van der Waals surface area contributed by atoms with Crippen LogP contribution in [-0.2, 0) is 16.0 Å². The number of aromatic amines is 1. The number of hydrogen-bond donors (Lipinski definition) is 2. The van der Waals surface area contributed by atoms with E-state index in [-0.39, 0.29) is 23.5 Å². The second kappa shape index (κ2) is 7.21. The third-order valence-corrected chi connectivity index (χ3v) is 4.50. The standard InChI is InChI=1S/C18H23FN4O2/c1-11(2)17(23-9-3-4-16(23)24)18(25)20-8-7-15-21-13-6-5-12(19)10-14(13)22-15/h5-6,10-11,17H,3-4,7-9H2,1-2H3,(H,20,25)(H,21,22)/t17-/m1/s1. The molecule has 0 bridgehead atoms. The van der Waals surface area contributed by atoms with Gasteiger partial charge in [0.15, 0.2) is 0 Å². The molecule has 1 atom stereocenters. The van der Waals surface area contributed by atoms with Crippen molar-refractivity contribution in [3.05, 3.63) is 29.8 Å². The average molecular weight is 346 g/mol. The predicted molar refractivity (Wildman–Crippen MR) is 92.3 cm³/mol. The van der Waals surface area contributed by atoms with Crippen LogP contribution in [0.15, 0.2) is 18.2 Å². The Kier molecular flexibility index (Phi) is 5.01. The van der Waals surface area contributed by atoms with Gasteiger partial charge in [0.25, 0.3) is 0 Å². The summed E-state index contributed by atoms with van der Waals surface area (Å²) in [6.07, 6.45) is 1.84. The number of amides is 2. The molecule has 134 valence electrons. The van der Waals surface area contributed by atoms with Gasteiger partial charge in [0.2, 0.25) is 11.8 Å². The van der Waals surface area contributed by atoms with Gasteiger partial charge in [-0.25, -0.2) is 9.37 Å². The second-order valence-electron chi connectivity index (χ2n) is 6.77. The number of nitrogens with zero attached hydrogens (tertiary/aromatic N) is 2. The monoisotopic (exact) mass is 346 g/mol. The van der Waals surface area contributed by atoms with E-state index in [1.807, 2.05) is 13.8 Å². The quantitative estimate of drug-likeness (QED) is 0.840. The van der Waals surface area contributed by atoms with E-state index in [0.717, 1.165) is 6.42 Å². The van der Waals surface area contributed by atoms with E-state index in [9.17, 15) is 14.0 Å². The van der Waals surface area contributed by atoms with Crippen LogP contribution in [0, 0.1) is 11.7 Å². The number of halogens is 1. The Morgan fingerprint density at radius 3 is 2.92 bits per heavy atom. The van der Waals surface area contributed by atoms with Crippen LogP contribution in [0.2, 0.25) is 0 Å². The molecular weight excluding hydrogens is 323 g/mol. The van der Waals surface area contributed by atoms with Crippen molar-refractivity contribution in [1.29, 1.82) is 0 Å². The van der Waals surface area contributed by atoms with Gasteiger partial charge < -0.3 is 15.2 Å². The minimum absolute atomic E-state index is 0.0492. The summed E-state index contributed by atoms with van der Waals surface area (Å²) in [4.78, 5) is 33.6. The maximum absolute atomic E-state index is 13.2. The lowest BCUT2D eigenvalue weighted by molar-refractivity contribution is -0.139. The molecule has 1 aromatic heterocycles. The second-order valence-corrected chi connectivity index (χ2v) is 6.77. The zero-order chi connectivity index (χ0) is 18.0. The molecule has 2 N–H and O–H groups in total. The summed E-state index contributed by atoms with van der Waals surface area (Å²) in [7, 11) is 0. The minimum atomic E-state index is -0.431. The number of aromatic nitrogens is 2. The van der Waals surface area contributed by atoms with Crippen molar-refractivity contribution in [1.82, 2.24) is 20.2 Å². The predicted octanol–water partition coefficient (Wildman–Crippen LogP) is 2.01. The summed E-state index contributed by atoms with van der Waals surface area (Å²) >= 11 is 0. The van der Waals surface area contributed by atoms with Crippen molar-refractivity contribution in [3.8, 4) is 0 Å². The molecule has 1 aliphatic rings. The van der Waals surface area contributed by atoms with Crippen LogP contribution < -0.4 is 5.32 Å². The number of carbonyl (C=O) groups excluding carboxylic acids is 2. The largest absolute Gasteiger partial charge is 0.354 e.